The van der Waals surface area contributed by atoms with Crippen molar-refractivity contribution in [3.63, 3.8) is 0 Å². The van der Waals surface area contributed by atoms with Gasteiger partial charge in [-0.3, -0.25) is 10.4 Å². The molecule has 0 saturated heterocycles. The number of hydrogen-bond donors (Lipinski definition) is 4. The van der Waals surface area contributed by atoms with Gasteiger partial charge < -0.3 is 15.4 Å². The first-order chi connectivity index (χ1) is 14.6. The lowest BCUT2D eigenvalue weighted by Gasteiger charge is -2.09. The highest BCUT2D eigenvalue weighted by molar-refractivity contribution is 5.89. The second kappa shape index (κ2) is 8.64. The van der Waals surface area contributed by atoms with Gasteiger partial charge in [0, 0.05) is 29.4 Å². The van der Waals surface area contributed by atoms with Gasteiger partial charge in [0.1, 0.15) is 5.82 Å². The highest BCUT2D eigenvalue weighted by Crippen LogP contribution is 2.38. The molecule has 4 rings (SSSR count). The average Bonchev–Trinajstić information content (AvgIpc) is 3.50. The predicted molar refractivity (Wildman–Crippen MR) is 112 cm³/mol. The number of nitrogens with one attached hydrogen (secondary N) is 4. The third kappa shape index (κ3) is 4.93. The quantitative estimate of drug-likeness (QED) is 0.495. The smallest absolute Gasteiger partial charge is 0.411 e. The molecule has 1 fully saturated rings. The number of H-pyrrole nitrogens is 1. The number of rotatable bonds is 6. The van der Waals surface area contributed by atoms with E-state index in [0.717, 1.165) is 17.0 Å². The summed E-state index contributed by atoms with van der Waals surface area (Å²) >= 11 is 0. The zero-order valence-electron chi connectivity index (χ0n) is 16.4. The van der Waals surface area contributed by atoms with Crippen molar-refractivity contribution in [3.05, 3.63) is 59.9 Å². The number of anilines is 2. The molecule has 1 saturated carbocycles. The molecule has 0 atom stereocenters. The molecule has 30 heavy (non-hydrogen) atoms. The van der Waals surface area contributed by atoms with Crippen LogP contribution in [0.15, 0.2) is 48.5 Å². The number of amides is 3. The van der Waals surface area contributed by atoms with Crippen molar-refractivity contribution in [1.29, 1.82) is 0 Å². The predicted octanol–water partition coefficient (Wildman–Crippen LogP) is 3.85. The van der Waals surface area contributed by atoms with Gasteiger partial charge in [-0.05, 0) is 54.8 Å². The summed E-state index contributed by atoms with van der Waals surface area (Å²) in [4.78, 5) is 27.9. The number of nitrogens with zero attached hydrogens (tertiary/aromatic N) is 2. The summed E-state index contributed by atoms with van der Waals surface area (Å²) < 4.78 is 4.54. The highest BCUT2D eigenvalue weighted by Gasteiger charge is 2.27. The van der Waals surface area contributed by atoms with Gasteiger partial charge in [0.15, 0.2) is 5.82 Å². The number of benzene rings is 2. The summed E-state index contributed by atoms with van der Waals surface area (Å²) in [5.74, 6) is 2.13. The molecule has 4 N–H and O–H groups in total. The molecule has 3 aromatic rings. The second-order valence-electron chi connectivity index (χ2n) is 7.02. The summed E-state index contributed by atoms with van der Waals surface area (Å²) in [6, 6.07) is 14.2. The zero-order valence-corrected chi connectivity index (χ0v) is 16.4. The first-order valence-corrected chi connectivity index (χ1v) is 9.62. The fraction of sp³-hybridized carbons (Fsp3) is 0.238. The van der Waals surface area contributed by atoms with Crippen LogP contribution in [0.3, 0.4) is 0 Å². The van der Waals surface area contributed by atoms with Crippen LogP contribution in [0, 0.1) is 0 Å². The molecular weight excluding hydrogens is 384 g/mol. The Kier molecular flexibility index (Phi) is 5.60. The van der Waals surface area contributed by atoms with Gasteiger partial charge in [-0.25, -0.2) is 14.6 Å². The molecule has 0 aliphatic heterocycles. The van der Waals surface area contributed by atoms with Crippen LogP contribution < -0.4 is 16.0 Å². The normalized spacial score (nSPS) is 12.8. The van der Waals surface area contributed by atoms with E-state index in [-0.39, 0.29) is 6.03 Å². The van der Waals surface area contributed by atoms with Gasteiger partial charge in [0.25, 0.3) is 0 Å². The maximum absolute atomic E-state index is 12.2. The van der Waals surface area contributed by atoms with E-state index in [1.165, 1.54) is 20.0 Å². The lowest BCUT2D eigenvalue weighted by Crippen LogP contribution is -2.28. The average molecular weight is 406 g/mol. The maximum Gasteiger partial charge on any atom is 0.411 e. The molecule has 9 heteroatoms. The van der Waals surface area contributed by atoms with Gasteiger partial charge in [0.05, 0.1) is 7.11 Å². The molecule has 1 aliphatic carbocycles. The van der Waals surface area contributed by atoms with Crippen molar-refractivity contribution in [2.75, 3.05) is 17.7 Å². The molecule has 0 unspecified atom stereocenters. The Bertz CT molecular complexity index is 1030. The minimum atomic E-state index is -0.530. The molecular formula is C21H22N6O3. The topological polar surface area (TPSA) is 121 Å². The summed E-state index contributed by atoms with van der Waals surface area (Å²) in [7, 11) is 1.30. The summed E-state index contributed by atoms with van der Waals surface area (Å²) in [5, 5.41) is 15.4. The van der Waals surface area contributed by atoms with Crippen molar-refractivity contribution in [3.8, 4) is 11.4 Å². The van der Waals surface area contributed by atoms with Crippen molar-refractivity contribution in [2.24, 2.45) is 0 Å². The van der Waals surface area contributed by atoms with Gasteiger partial charge >= 0.3 is 12.1 Å². The largest absolute Gasteiger partial charge is 0.453 e. The molecule has 1 aliphatic rings. The molecule has 154 valence electrons. The van der Waals surface area contributed by atoms with Crippen LogP contribution in [-0.2, 0) is 11.3 Å². The second-order valence-corrected chi connectivity index (χ2v) is 7.02. The molecule has 2 aromatic carbocycles. The van der Waals surface area contributed by atoms with Gasteiger partial charge in [-0.2, -0.15) is 5.10 Å². The van der Waals surface area contributed by atoms with Crippen molar-refractivity contribution >= 4 is 23.5 Å². The van der Waals surface area contributed by atoms with Crippen LogP contribution in [0.2, 0.25) is 0 Å². The van der Waals surface area contributed by atoms with E-state index in [0.29, 0.717) is 29.7 Å². The van der Waals surface area contributed by atoms with E-state index in [9.17, 15) is 9.59 Å². The molecule has 1 aromatic heterocycles. The summed E-state index contributed by atoms with van der Waals surface area (Å²) in [6.45, 7) is 0.351. The molecule has 0 bridgehead atoms. The SMILES string of the molecule is COC(=O)Nc1ccc(CNC(=O)Nc2ccc(-c3n[nH]c(C4CC4)n3)cc2)cc1. The van der Waals surface area contributed by atoms with E-state index < -0.39 is 6.09 Å². The Balaban J connectivity index is 1.27. The van der Waals surface area contributed by atoms with Crippen molar-refractivity contribution in [2.45, 2.75) is 25.3 Å². The van der Waals surface area contributed by atoms with Gasteiger partial charge in [0.2, 0.25) is 0 Å². The Morgan fingerprint density at radius 1 is 1.03 bits per heavy atom. The number of aromatic amines is 1. The van der Waals surface area contributed by atoms with E-state index in [1.54, 1.807) is 12.1 Å². The molecule has 3 amide bonds. The number of methoxy groups -OCH3 is 1. The van der Waals surface area contributed by atoms with E-state index in [1.807, 2.05) is 36.4 Å². The van der Waals surface area contributed by atoms with Crippen LogP contribution in [-0.4, -0.2) is 34.4 Å². The van der Waals surface area contributed by atoms with E-state index in [4.69, 9.17) is 0 Å². The fourth-order valence-electron chi connectivity index (χ4n) is 2.88. The Labute approximate surface area is 173 Å². The third-order valence-corrected chi connectivity index (χ3v) is 4.71. The van der Waals surface area contributed by atoms with Gasteiger partial charge in [-0.1, -0.05) is 12.1 Å². The standard InChI is InChI=1S/C21H22N6O3/c1-30-21(29)24-17-8-2-13(3-9-17)12-22-20(28)23-16-10-6-15(7-11-16)19-25-18(26-27-19)14-4-5-14/h2-3,6-11,14H,4-5,12H2,1H3,(H,24,29)(H2,22,23,28)(H,25,26,27). The van der Waals surface area contributed by atoms with Crippen LogP contribution in [0.5, 0.6) is 0 Å². The van der Waals surface area contributed by atoms with Crippen molar-refractivity contribution < 1.29 is 14.3 Å². The van der Waals surface area contributed by atoms with E-state index >= 15 is 0 Å². The monoisotopic (exact) mass is 406 g/mol. The lowest BCUT2D eigenvalue weighted by molar-refractivity contribution is 0.187. The number of aromatic nitrogens is 3. The molecule has 9 nitrogen and oxygen atoms in total. The van der Waals surface area contributed by atoms with E-state index in [2.05, 4.69) is 35.9 Å². The number of carbonyl (C=O) groups is 2. The molecule has 0 radical (unpaired) electrons. The summed E-state index contributed by atoms with van der Waals surface area (Å²) in [6.07, 6.45) is 1.81. The van der Waals surface area contributed by atoms with Crippen LogP contribution in [0.4, 0.5) is 21.0 Å². The number of hydrogen-bond acceptors (Lipinski definition) is 5. The van der Waals surface area contributed by atoms with Crippen LogP contribution >= 0.6 is 0 Å². The summed E-state index contributed by atoms with van der Waals surface area (Å²) in [5.41, 5.74) is 3.08. The Hall–Kier alpha value is -3.88. The van der Waals surface area contributed by atoms with Crippen molar-refractivity contribution in [1.82, 2.24) is 20.5 Å². The molecule has 0 spiro atoms. The number of carbonyl (C=O) groups excluding carboxylic acids is 2. The van der Waals surface area contributed by atoms with Crippen LogP contribution in [0.25, 0.3) is 11.4 Å². The Morgan fingerprint density at radius 2 is 1.70 bits per heavy atom. The number of urea groups is 1. The zero-order chi connectivity index (χ0) is 20.9. The first kappa shape index (κ1) is 19.4. The Morgan fingerprint density at radius 3 is 2.37 bits per heavy atom. The lowest BCUT2D eigenvalue weighted by atomic mass is 10.2. The minimum Gasteiger partial charge on any atom is -0.453 e. The molecule has 1 heterocycles. The van der Waals surface area contributed by atoms with Crippen LogP contribution in [0.1, 0.15) is 30.1 Å². The number of ether oxygens (including phenoxy) is 1. The first-order valence-electron chi connectivity index (χ1n) is 9.62. The maximum atomic E-state index is 12.2. The fourth-order valence-corrected chi connectivity index (χ4v) is 2.88. The highest BCUT2D eigenvalue weighted by atomic mass is 16.5. The minimum absolute atomic E-state index is 0.312. The third-order valence-electron chi connectivity index (χ3n) is 4.71. The van der Waals surface area contributed by atoms with Gasteiger partial charge in [-0.15, -0.1) is 0 Å².